The molecule has 1 aliphatic rings. The van der Waals surface area contributed by atoms with Crippen LogP contribution in [0.1, 0.15) is 11.8 Å². The average molecular weight is 521 g/mol. The van der Waals surface area contributed by atoms with Crippen molar-refractivity contribution >= 4 is 15.6 Å². The molecule has 0 aliphatic carbocycles. The van der Waals surface area contributed by atoms with Gasteiger partial charge >= 0.3 is 21.3 Å². The number of aromatic nitrogens is 2. The third kappa shape index (κ3) is 7.35. The van der Waals surface area contributed by atoms with E-state index in [0.717, 1.165) is 10.1 Å². The Morgan fingerprint density at radius 2 is 1.82 bits per heavy atom. The molecule has 14 nitrogen and oxygen atoms in total. The molecule has 5 N–H and O–H groups in total. The van der Waals surface area contributed by atoms with E-state index in [4.69, 9.17) is 19.7 Å². The summed E-state index contributed by atoms with van der Waals surface area (Å²) in [6.45, 7) is -1.21. The van der Waals surface area contributed by atoms with Crippen LogP contribution in [0.3, 0.4) is 0 Å². The van der Waals surface area contributed by atoms with Crippen LogP contribution in [0.5, 0.6) is 0 Å². The van der Waals surface area contributed by atoms with Gasteiger partial charge in [0.05, 0.1) is 19.8 Å². The number of rotatable bonds is 12. The molecule has 34 heavy (non-hydrogen) atoms. The summed E-state index contributed by atoms with van der Waals surface area (Å²) in [4.78, 5) is 35.1. The minimum absolute atomic E-state index is 0.0683. The highest BCUT2D eigenvalue weighted by molar-refractivity contribution is 7.61. The summed E-state index contributed by atoms with van der Waals surface area (Å²) in [6, 6.07) is 10.5. The van der Waals surface area contributed by atoms with Gasteiger partial charge in [0.2, 0.25) is 0 Å². The second kappa shape index (κ2) is 11.8. The van der Waals surface area contributed by atoms with E-state index in [2.05, 4.69) is 13.8 Å². The highest BCUT2D eigenvalue weighted by Gasteiger charge is 2.47. The molecule has 1 aliphatic heterocycles. The molecule has 3 rings (SSSR count). The Morgan fingerprint density at radius 1 is 1.12 bits per heavy atom. The molecule has 188 valence electrons. The first-order chi connectivity index (χ1) is 16.1. The van der Waals surface area contributed by atoms with Gasteiger partial charge in [0.15, 0.2) is 6.23 Å². The fourth-order valence-corrected chi connectivity index (χ4v) is 5.19. The Labute approximate surface area is 194 Å². The molecule has 1 saturated heterocycles. The van der Waals surface area contributed by atoms with Crippen molar-refractivity contribution in [3.8, 4) is 0 Å². The Morgan fingerprint density at radius 3 is 2.50 bits per heavy atom. The highest BCUT2D eigenvalue weighted by atomic mass is 31.3. The minimum Gasteiger partial charge on any atom is -0.387 e. The molecule has 4 unspecified atom stereocenters. The summed E-state index contributed by atoms with van der Waals surface area (Å²) in [5, 5.41) is 10.8. The molecular formula is C18H25N3O11P2. The fraction of sp³-hybridized carbons (Fsp3) is 0.444. The van der Waals surface area contributed by atoms with Gasteiger partial charge in [-0.2, -0.15) is 4.31 Å². The smallest absolute Gasteiger partial charge is 0.387 e. The van der Waals surface area contributed by atoms with Gasteiger partial charge in [0.25, 0.3) is 0 Å². The summed E-state index contributed by atoms with van der Waals surface area (Å²) in [6.07, 6.45) is -2.27. The van der Waals surface area contributed by atoms with E-state index >= 15 is 0 Å². The quantitative estimate of drug-likeness (QED) is 0.278. The SMILES string of the molecule is NCCOP(=O)(O)OP(=O)(O)OC[C@H]1OC(n2cccnc2=O)C(OCc2ccccc2)[C@@H]1O. The molecule has 0 saturated carbocycles. The minimum atomic E-state index is -5.11. The number of phosphoric acid groups is 2. The fourth-order valence-electron chi connectivity index (χ4n) is 3.10. The van der Waals surface area contributed by atoms with E-state index in [1.165, 1.54) is 18.5 Å². The van der Waals surface area contributed by atoms with Gasteiger partial charge in [0, 0.05) is 18.9 Å². The van der Waals surface area contributed by atoms with E-state index in [-0.39, 0.29) is 13.2 Å². The lowest BCUT2D eigenvalue weighted by atomic mass is 10.1. The molecule has 2 heterocycles. The number of benzene rings is 1. The van der Waals surface area contributed by atoms with Crippen LogP contribution in [-0.2, 0) is 38.6 Å². The van der Waals surface area contributed by atoms with Crippen molar-refractivity contribution < 1.29 is 46.9 Å². The molecule has 1 fully saturated rings. The van der Waals surface area contributed by atoms with Crippen molar-refractivity contribution in [2.75, 3.05) is 19.8 Å². The van der Waals surface area contributed by atoms with Crippen molar-refractivity contribution in [2.24, 2.45) is 5.73 Å². The molecular weight excluding hydrogens is 496 g/mol. The molecule has 1 aromatic heterocycles. The summed E-state index contributed by atoms with van der Waals surface area (Å²) < 4.78 is 49.7. The largest absolute Gasteiger partial charge is 0.481 e. The van der Waals surface area contributed by atoms with Gasteiger partial charge in [-0.15, -0.1) is 0 Å². The van der Waals surface area contributed by atoms with Crippen LogP contribution in [0.15, 0.2) is 53.6 Å². The molecule has 0 amide bonds. The first kappa shape index (κ1) is 26.8. The second-order valence-electron chi connectivity index (χ2n) is 7.06. The van der Waals surface area contributed by atoms with Gasteiger partial charge in [0.1, 0.15) is 18.3 Å². The van der Waals surface area contributed by atoms with E-state index in [0.29, 0.717) is 0 Å². The lowest BCUT2D eigenvalue weighted by molar-refractivity contribution is -0.0795. The molecule has 0 bridgehead atoms. The van der Waals surface area contributed by atoms with Crippen molar-refractivity contribution in [1.29, 1.82) is 0 Å². The number of hydrogen-bond acceptors (Lipinski definition) is 11. The summed E-state index contributed by atoms with van der Waals surface area (Å²) in [5.41, 5.74) is 5.25. The number of ether oxygens (including phenoxy) is 2. The Bertz CT molecular complexity index is 1090. The van der Waals surface area contributed by atoms with Crippen molar-refractivity contribution in [2.45, 2.75) is 31.1 Å². The molecule has 6 atom stereocenters. The van der Waals surface area contributed by atoms with Gasteiger partial charge in [-0.25, -0.2) is 18.9 Å². The number of phosphoric ester groups is 2. The summed E-state index contributed by atoms with van der Waals surface area (Å²) in [7, 11) is -10.0. The van der Waals surface area contributed by atoms with Crippen LogP contribution in [0.25, 0.3) is 0 Å². The van der Waals surface area contributed by atoms with Crippen LogP contribution < -0.4 is 11.4 Å². The first-order valence-electron chi connectivity index (χ1n) is 10.0. The van der Waals surface area contributed by atoms with Crippen LogP contribution in [0.2, 0.25) is 0 Å². The molecule has 2 aromatic rings. The summed E-state index contributed by atoms with van der Waals surface area (Å²) in [5.74, 6) is 0. The highest BCUT2D eigenvalue weighted by Crippen LogP contribution is 2.60. The van der Waals surface area contributed by atoms with Gasteiger partial charge in [-0.3, -0.25) is 13.6 Å². The van der Waals surface area contributed by atoms with E-state index in [1.54, 1.807) is 24.3 Å². The maximum absolute atomic E-state index is 12.2. The molecule has 1 aromatic carbocycles. The zero-order valence-electron chi connectivity index (χ0n) is 17.7. The lowest BCUT2D eigenvalue weighted by Gasteiger charge is -2.22. The Hall–Kier alpha value is -1.80. The van der Waals surface area contributed by atoms with Crippen LogP contribution in [-0.4, -0.2) is 62.5 Å². The van der Waals surface area contributed by atoms with Crippen molar-refractivity contribution in [1.82, 2.24) is 9.55 Å². The maximum atomic E-state index is 12.2. The van der Waals surface area contributed by atoms with Crippen LogP contribution in [0.4, 0.5) is 0 Å². The number of aliphatic hydroxyl groups excluding tert-OH is 1. The van der Waals surface area contributed by atoms with E-state index < -0.39 is 59.1 Å². The second-order valence-corrected chi connectivity index (χ2v) is 10.1. The molecule has 0 spiro atoms. The van der Waals surface area contributed by atoms with Gasteiger partial charge in [-0.05, 0) is 11.6 Å². The predicted octanol–water partition coefficient (Wildman–Crippen LogP) is 0.296. The zero-order chi connectivity index (χ0) is 24.8. The van der Waals surface area contributed by atoms with Gasteiger partial charge in [-0.1, -0.05) is 30.3 Å². The van der Waals surface area contributed by atoms with E-state index in [9.17, 15) is 28.8 Å². The normalized spacial score (nSPS) is 26.1. The number of nitrogens with two attached hydrogens (primary N) is 1. The van der Waals surface area contributed by atoms with Crippen molar-refractivity contribution in [3.05, 3.63) is 64.8 Å². The third-order valence-corrected chi connectivity index (χ3v) is 7.23. The maximum Gasteiger partial charge on any atom is 0.481 e. The van der Waals surface area contributed by atoms with Crippen molar-refractivity contribution in [3.63, 3.8) is 0 Å². The predicted molar refractivity (Wildman–Crippen MR) is 115 cm³/mol. The van der Waals surface area contributed by atoms with Crippen LogP contribution >= 0.6 is 15.6 Å². The van der Waals surface area contributed by atoms with Crippen LogP contribution in [0, 0.1) is 0 Å². The lowest BCUT2D eigenvalue weighted by Crippen LogP contribution is -2.38. The Kier molecular flexibility index (Phi) is 9.27. The molecule has 16 heteroatoms. The molecule has 0 radical (unpaired) electrons. The summed E-state index contributed by atoms with van der Waals surface area (Å²) >= 11 is 0. The van der Waals surface area contributed by atoms with Gasteiger partial charge < -0.3 is 30.1 Å². The average Bonchev–Trinajstić information content (AvgIpc) is 3.10. The zero-order valence-corrected chi connectivity index (χ0v) is 19.5. The Balaban J connectivity index is 1.71. The van der Waals surface area contributed by atoms with E-state index in [1.807, 2.05) is 6.07 Å². The third-order valence-electron chi connectivity index (χ3n) is 4.59. The number of nitrogens with zero attached hydrogens (tertiary/aromatic N) is 2. The number of hydrogen-bond donors (Lipinski definition) is 4. The number of aliphatic hydroxyl groups is 1. The standard InChI is InChI=1S/C18H25N3O11P2/c19-7-10-29-33(24,25)32-34(26,27)30-12-14-15(22)16(28-11-13-5-2-1-3-6-13)17(31-14)21-9-4-8-20-18(21)23/h1-6,8-9,14-17,22H,7,10-12,19H2,(H,24,25)(H,26,27)/t14-,15-,16?,17?/m1/s1. The topological polar surface area (TPSA) is 202 Å². The first-order valence-corrected chi connectivity index (χ1v) is 13.0. The monoisotopic (exact) mass is 521 g/mol.